The Hall–Kier alpha value is -0.650. The van der Waals surface area contributed by atoms with E-state index in [0.717, 1.165) is 0 Å². The smallest absolute Gasteiger partial charge is 0.280 e. The predicted molar refractivity (Wildman–Crippen MR) is 71.5 cm³/mol. The monoisotopic (exact) mass is 318 g/mol. The number of carbonyl (C=O) groups is 1. The van der Waals surface area contributed by atoms with Crippen LogP contribution < -0.4 is 11.1 Å². The van der Waals surface area contributed by atoms with Crippen LogP contribution in [0.4, 0.5) is 0 Å². The fraction of sp³-hybridized carbons (Fsp3) is 0.923. The molecule has 0 amide bonds. The first kappa shape index (κ1) is 16.2. The maximum absolute atomic E-state index is 12.1. The van der Waals surface area contributed by atoms with Crippen molar-refractivity contribution < 1.29 is 34.3 Å². The van der Waals surface area contributed by atoms with Gasteiger partial charge >= 0.3 is 0 Å². The summed E-state index contributed by atoms with van der Waals surface area (Å²) in [5.41, 5.74) is 5.95. The van der Waals surface area contributed by atoms with Gasteiger partial charge in [-0.05, 0) is 14.0 Å². The number of nitrogens with two attached hydrogens (primary N) is 1. The number of aliphatic hydroxyl groups excluding tert-OH is 2. The van der Waals surface area contributed by atoms with Gasteiger partial charge in [0.15, 0.2) is 5.78 Å². The second-order valence-corrected chi connectivity index (χ2v) is 6.16. The molecule has 3 aliphatic rings. The van der Waals surface area contributed by atoms with Crippen molar-refractivity contribution in [2.75, 3.05) is 7.05 Å². The molecule has 9 heteroatoms. The molecule has 2 aliphatic heterocycles. The molecule has 0 aromatic rings. The Bertz CT molecular complexity index is 464. The van der Waals surface area contributed by atoms with Crippen molar-refractivity contribution in [3.8, 4) is 0 Å². The highest BCUT2D eigenvalue weighted by atomic mass is 16.8. The van der Waals surface area contributed by atoms with Crippen LogP contribution in [0.3, 0.4) is 0 Å². The molecular weight excluding hydrogens is 296 g/mol. The molecule has 0 unspecified atom stereocenters. The van der Waals surface area contributed by atoms with Gasteiger partial charge in [0.25, 0.3) is 5.79 Å². The first-order chi connectivity index (χ1) is 10.3. The number of rotatable bonds is 1. The predicted octanol–water partition coefficient (Wildman–Crippen LogP) is -3.19. The third-order valence-electron chi connectivity index (χ3n) is 4.65. The Balaban J connectivity index is 1.90. The van der Waals surface area contributed by atoms with Crippen LogP contribution in [0, 0.1) is 0 Å². The van der Waals surface area contributed by atoms with Crippen LogP contribution in [0.5, 0.6) is 0 Å². The zero-order chi connectivity index (χ0) is 16.2. The van der Waals surface area contributed by atoms with Gasteiger partial charge in [-0.15, -0.1) is 0 Å². The van der Waals surface area contributed by atoms with Crippen molar-refractivity contribution in [1.82, 2.24) is 5.32 Å². The highest BCUT2D eigenvalue weighted by molar-refractivity contribution is 5.87. The summed E-state index contributed by atoms with van der Waals surface area (Å²) in [6.07, 6.45) is -6.00. The van der Waals surface area contributed by atoms with Crippen molar-refractivity contribution in [2.45, 2.75) is 68.0 Å². The fourth-order valence-electron chi connectivity index (χ4n) is 3.38. The zero-order valence-electron chi connectivity index (χ0n) is 12.4. The van der Waals surface area contributed by atoms with E-state index in [1.54, 1.807) is 14.0 Å². The zero-order valence-corrected chi connectivity index (χ0v) is 12.4. The second kappa shape index (κ2) is 5.46. The van der Waals surface area contributed by atoms with Gasteiger partial charge in [0.2, 0.25) is 6.29 Å². The Labute approximate surface area is 127 Å². The van der Waals surface area contributed by atoms with Crippen LogP contribution in [0.25, 0.3) is 0 Å². The number of likely N-dealkylation sites (N-methyl/N-ethyl adjacent to an activating group) is 1. The average molecular weight is 318 g/mol. The normalized spacial score (nSPS) is 55.5. The molecule has 3 fully saturated rings. The second-order valence-electron chi connectivity index (χ2n) is 6.16. The van der Waals surface area contributed by atoms with Gasteiger partial charge in [0.05, 0.1) is 24.3 Å². The van der Waals surface area contributed by atoms with E-state index in [0.29, 0.717) is 0 Å². The molecule has 9 nitrogen and oxygen atoms in total. The van der Waals surface area contributed by atoms with E-state index in [9.17, 15) is 20.1 Å². The minimum absolute atomic E-state index is 0.0206. The summed E-state index contributed by atoms with van der Waals surface area (Å²) in [5.74, 6) is -2.83. The number of hydrogen-bond donors (Lipinski definition) is 5. The van der Waals surface area contributed by atoms with Gasteiger partial charge in [-0.25, -0.2) is 0 Å². The number of ketones is 1. The lowest BCUT2D eigenvalue weighted by Crippen LogP contribution is -2.77. The number of Topliss-reactive ketones (excluding diaryl/α,β-unsaturated/α-hetero) is 1. The van der Waals surface area contributed by atoms with E-state index in [1.807, 2.05) is 0 Å². The molecule has 2 saturated heterocycles. The van der Waals surface area contributed by atoms with E-state index in [1.165, 1.54) is 0 Å². The SMILES string of the molecule is CN[C@@H]1[C@H](O)[C@H](N)[C@H]2O[C@@]3(O)C(=O)C[C@@H](C)O[C@H]3O[C@@H]2[C@H]1O. The van der Waals surface area contributed by atoms with Gasteiger partial charge in [-0.3, -0.25) is 4.79 Å². The number of ether oxygens (including phenoxy) is 3. The average Bonchev–Trinajstić information content (AvgIpc) is 2.46. The van der Waals surface area contributed by atoms with E-state index in [-0.39, 0.29) is 6.42 Å². The van der Waals surface area contributed by atoms with Crippen LogP contribution in [0.2, 0.25) is 0 Å². The molecule has 3 rings (SSSR count). The molecule has 0 aromatic heterocycles. The van der Waals surface area contributed by atoms with Crippen molar-refractivity contribution in [3.05, 3.63) is 0 Å². The van der Waals surface area contributed by atoms with Crippen LogP contribution in [-0.4, -0.2) is 82.8 Å². The topological polar surface area (TPSA) is 144 Å². The quantitative estimate of drug-likeness (QED) is 0.338. The molecule has 9 atom stereocenters. The Kier molecular flexibility index (Phi) is 4.03. The van der Waals surface area contributed by atoms with Crippen molar-refractivity contribution >= 4 is 5.78 Å². The van der Waals surface area contributed by atoms with Crippen molar-refractivity contribution in [3.63, 3.8) is 0 Å². The lowest BCUT2D eigenvalue weighted by Gasteiger charge is -2.54. The molecule has 0 aromatic carbocycles. The first-order valence-electron chi connectivity index (χ1n) is 7.33. The van der Waals surface area contributed by atoms with Gasteiger partial charge < -0.3 is 40.6 Å². The molecule has 6 N–H and O–H groups in total. The summed E-state index contributed by atoms with van der Waals surface area (Å²) in [5, 5.41) is 33.8. The Morgan fingerprint density at radius 3 is 2.59 bits per heavy atom. The molecule has 22 heavy (non-hydrogen) atoms. The van der Waals surface area contributed by atoms with Crippen molar-refractivity contribution in [1.29, 1.82) is 0 Å². The molecule has 1 aliphatic carbocycles. The fourth-order valence-corrected chi connectivity index (χ4v) is 3.38. The summed E-state index contributed by atoms with van der Waals surface area (Å²) < 4.78 is 16.5. The van der Waals surface area contributed by atoms with Crippen LogP contribution in [-0.2, 0) is 19.0 Å². The molecule has 1 saturated carbocycles. The standard InChI is InChI=1S/C13H22N2O7/c1-4-3-5(16)13(19)12(20-4)21-11-9(18)7(15-2)8(17)6(14)10(11)22-13/h4,6-12,15,17-19H,3,14H2,1-2H3/t4-,6+,7-,8-,9+,10-,11-,12+,13+/m1/s1. The minimum atomic E-state index is -2.27. The summed E-state index contributed by atoms with van der Waals surface area (Å²) in [7, 11) is 1.58. The summed E-state index contributed by atoms with van der Waals surface area (Å²) in [4.78, 5) is 12.1. The van der Waals surface area contributed by atoms with Crippen LogP contribution in [0.15, 0.2) is 0 Å². The highest BCUT2D eigenvalue weighted by Crippen LogP contribution is 2.39. The molecule has 0 spiro atoms. The summed E-state index contributed by atoms with van der Waals surface area (Å²) in [6, 6.07) is -1.66. The number of carbonyl (C=O) groups excluding carboxylic acids is 1. The van der Waals surface area contributed by atoms with Gasteiger partial charge in [-0.2, -0.15) is 0 Å². The van der Waals surface area contributed by atoms with Gasteiger partial charge in [0, 0.05) is 6.42 Å². The lowest BCUT2D eigenvalue weighted by atomic mass is 9.80. The third kappa shape index (κ3) is 2.21. The number of nitrogens with one attached hydrogen (secondary N) is 1. The Morgan fingerprint density at radius 1 is 1.27 bits per heavy atom. The molecule has 126 valence electrons. The third-order valence-corrected chi connectivity index (χ3v) is 4.65. The van der Waals surface area contributed by atoms with E-state index in [2.05, 4.69) is 5.32 Å². The number of fused-ring (bicyclic) bond motifs is 2. The summed E-state index contributed by atoms with van der Waals surface area (Å²) >= 11 is 0. The van der Waals surface area contributed by atoms with Gasteiger partial charge in [0.1, 0.15) is 18.3 Å². The molecular formula is C13H22N2O7. The van der Waals surface area contributed by atoms with Crippen molar-refractivity contribution in [2.24, 2.45) is 5.73 Å². The van der Waals surface area contributed by atoms with E-state index in [4.69, 9.17) is 19.9 Å². The van der Waals surface area contributed by atoms with Gasteiger partial charge in [-0.1, -0.05) is 0 Å². The Morgan fingerprint density at radius 2 is 1.95 bits per heavy atom. The highest BCUT2D eigenvalue weighted by Gasteiger charge is 2.63. The summed E-state index contributed by atoms with van der Waals surface area (Å²) in [6.45, 7) is 1.68. The molecule has 0 radical (unpaired) electrons. The van der Waals surface area contributed by atoms with E-state index < -0.39 is 60.5 Å². The number of hydrogen-bond acceptors (Lipinski definition) is 9. The van der Waals surface area contributed by atoms with Crippen LogP contribution >= 0.6 is 0 Å². The minimum Gasteiger partial charge on any atom is -0.390 e. The maximum atomic E-state index is 12.1. The molecule has 2 heterocycles. The number of aliphatic hydroxyl groups is 3. The first-order valence-corrected chi connectivity index (χ1v) is 7.33. The van der Waals surface area contributed by atoms with E-state index >= 15 is 0 Å². The largest absolute Gasteiger partial charge is 0.390 e. The maximum Gasteiger partial charge on any atom is 0.280 e. The van der Waals surface area contributed by atoms with Crippen LogP contribution in [0.1, 0.15) is 13.3 Å². The molecule has 0 bridgehead atoms. The lowest BCUT2D eigenvalue weighted by molar-refractivity contribution is -0.419.